The van der Waals surface area contributed by atoms with Crippen LogP contribution in [0, 0.1) is 0 Å². The van der Waals surface area contributed by atoms with Crippen LogP contribution in [0.5, 0.6) is 5.75 Å². The van der Waals surface area contributed by atoms with Gasteiger partial charge in [0.2, 0.25) is 0 Å². The number of esters is 1. The van der Waals surface area contributed by atoms with E-state index in [2.05, 4.69) is 4.90 Å². The van der Waals surface area contributed by atoms with Crippen molar-refractivity contribution in [2.75, 3.05) is 7.11 Å². The highest BCUT2D eigenvalue weighted by Gasteiger charge is 2.32. The molecule has 4 heteroatoms. The first-order valence-corrected chi connectivity index (χ1v) is 6.73. The topological polar surface area (TPSA) is 49.8 Å². The Balaban J connectivity index is 2.11. The van der Waals surface area contributed by atoms with Crippen LogP contribution in [0.2, 0.25) is 0 Å². The smallest absolute Gasteiger partial charge is 0.322 e. The van der Waals surface area contributed by atoms with Gasteiger partial charge in [0.05, 0.1) is 7.11 Å². The fourth-order valence-corrected chi connectivity index (χ4v) is 2.47. The van der Waals surface area contributed by atoms with Gasteiger partial charge < -0.3 is 9.84 Å². The van der Waals surface area contributed by atoms with Gasteiger partial charge >= 0.3 is 5.97 Å². The van der Waals surface area contributed by atoms with Gasteiger partial charge in [0.25, 0.3) is 0 Å². The van der Waals surface area contributed by atoms with Crippen LogP contribution < -0.4 is 0 Å². The highest BCUT2D eigenvalue weighted by Crippen LogP contribution is 2.28. The molecule has 1 N–H and O–H groups in total. The van der Waals surface area contributed by atoms with E-state index in [1.165, 1.54) is 13.5 Å². The van der Waals surface area contributed by atoms with Gasteiger partial charge in [0.15, 0.2) is 0 Å². The number of carbonyl (C=O) groups is 1. The molecular formula is C15H21NO3. The van der Waals surface area contributed by atoms with E-state index in [9.17, 15) is 9.90 Å². The van der Waals surface area contributed by atoms with Crippen molar-refractivity contribution in [2.24, 2.45) is 0 Å². The zero-order valence-corrected chi connectivity index (χ0v) is 11.5. The number of carbonyl (C=O) groups excluding carboxylic acids is 1. The molecule has 19 heavy (non-hydrogen) atoms. The average molecular weight is 263 g/mol. The second kappa shape index (κ2) is 6.06. The number of aromatic hydroxyl groups is 1. The molecule has 1 fully saturated rings. The Kier molecular flexibility index (Phi) is 4.43. The molecule has 0 unspecified atom stereocenters. The SMILES string of the molecule is COC(=O)[C@@H](C)N(Cc1cccc(O)c1)C1CCC1. The summed E-state index contributed by atoms with van der Waals surface area (Å²) in [4.78, 5) is 13.9. The molecule has 1 aromatic carbocycles. The Hall–Kier alpha value is -1.55. The Labute approximate surface area is 114 Å². The van der Waals surface area contributed by atoms with Gasteiger partial charge in [-0.25, -0.2) is 0 Å². The van der Waals surface area contributed by atoms with Crippen LogP contribution in [0.4, 0.5) is 0 Å². The molecule has 0 aromatic heterocycles. The van der Waals surface area contributed by atoms with Crippen molar-refractivity contribution in [3.8, 4) is 5.75 Å². The predicted molar refractivity (Wildman–Crippen MR) is 72.8 cm³/mol. The van der Waals surface area contributed by atoms with Gasteiger partial charge in [-0.1, -0.05) is 18.6 Å². The quantitative estimate of drug-likeness (QED) is 0.828. The summed E-state index contributed by atoms with van der Waals surface area (Å²) in [6, 6.07) is 7.38. The van der Waals surface area contributed by atoms with E-state index in [1.807, 2.05) is 19.1 Å². The van der Waals surface area contributed by atoms with Crippen LogP contribution in [0.25, 0.3) is 0 Å². The van der Waals surface area contributed by atoms with Gasteiger partial charge in [-0.2, -0.15) is 0 Å². The number of nitrogens with zero attached hydrogens (tertiary/aromatic N) is 1. The molecule has 1 aromatic rings. The molecule has 2 rings (SSSR count). The summed E-state index contributed by atoms with van der Waals surface area (Å²) in [5, 5.41) is 9.52. The zero-order chi connectivity index (χ0) is 13.8. The predicted octanol–water partition coefficient (Wildman–Crippen LogP) is 2.31. The average Bonchev–Trinajstić information content (AvgIpc) is 2.34. The van der Waals surface area contributed by atoms with Crippen LogP contribution in [-0.4, -0.2) is 35.2 Å². The van der Waals surface area contributed by atoms with Crippen molar-refractivity contribution in [3.63, 3.8) is 0 Å². The van der Waals surface area contributed by atoms with Gasteiger partial charge in [0, 0.05) is 12.6 Å². The monoisotopic (exact) mass is 263 g/mol. The first kappa shape index (κ1) is 13.9. The molecule has 1 aliphatic rings. The highest BCUT2D eigenvalue weighted by molar-refractivity contribution is 5.75. The Morgan fingerprint density at radius 3 is 2.79 bits per heavy atom. The molecular weight excluding hydrogens is 242 g/mol. The molecule has 4 nitrogen and oxygen atoms in total. The molecule has 0 aliphatic heterocycles. The molecule has 1 aliphatic carbocycles. The molecule has 0 heterocycles. The van der Waals surface area contributed by atoms with E-state index in [0.717, 1.165) is 18.4 Å². The molecule has 0 radical (unpaired) electrons. The molecule has 0 saturated heterocycles. The summed E-state index contributed by atoms with van der Waals surface area (Å²) in [7, 11) is 1.42. The number of hydrogen-bond donors (Lipinski definition) is 1. The number of benzene rings is 1. The number of rotatable bonds is 5. The third-order valence-corrected chi connectivity index (χ3v) is 3.86. The number of methoxy groups -OCH3 is 1. The third-order valence-electron chi connectivity index (χ3n) is 3.86. The van der Waals surface area contributed by atoms with Crippen molar-refractivity contribution in [1.82, 2.24) is 4.90 Å². The number of phenols is 1. The number of hydrogen-bond acceptors (Lipinski definition) is 4. The van der Waals surface area contributed by atoms with Crippen molar-refractivity contribution in [1.29, 1.82) is 0 Å². The van der Waals surface area contributed by atoms with Crippen LogP contribution >= 0.6 is 0 Å². The largest absolute Gasteiger partial charge is 0.508 e. The summed E-state index contributed by atoms with van der Waals surface area (Å²) < 4.78 is 4.84. The fourth-order valence-electron chi connectivity index (χ4n) is 2.47. The van der Waals surface area contributed by atoms with E-state index >= 15 is 0 Å². The third kappa shape index (κ3) is 3.26. The number of phenolic OH excluding ortho intramolecular Hbond substituents is 1. The van der Waals surface area contributed by atoms with Crippen molar-refractivity contribution >= 4 is 5.97 Å². The van der Waals surface area contributed by atoms with Crippen molar-refractivity contribution in [3.05, 3.63) is 29.8 Å². The lowest BCUT2D eigenvalue weighted by atomic mass is 9.90. The molecule has 0 bridgehead atoms. The highest BCUT2D eigenvalue weighted by atomic mass is 16.5. The second-order valence-electron chi connectivity index (χ2n) is 5.13. The van der Waals surface area contributed by atoms with Gasteiger partial charge in [0.1, 0.15) is 11.8 Å². The fraction of sp³-hybridized carbons (Fsp3) is 0.533. The maximum Gasteiger partial charge on any atom is 0.322 e. The van der Waals surface area contributed by atoms with Gasteiger partial charge in [-0.05, 0) is 37.5 Å². The van der Waals surface area contributed by atoms with Crippen LogP contribution in [0.3, 0.4) is 0 Å². The summed E-state index contributed by atoms with van der Waals surface area (Å²) in [6.45, 7) is 2.54. The van der Waals surface area contributed by atoms with Crippen LogP contribution in [0.1, 0.15) is 31.7 Å². The first-order chi connectivity index (χ1) is 9.11. The summed E-state index contributed by atoms with van der Waals surface area (Å²) in [5.74, 6) is 0.0591. The van der Waals surface area contributed by atoms with Crippen molar-refractivity contribution < 1.29 is 14.6 Å². The summed E-state index contributed by atoms with van der Waals surface area (Å²) in [6.07, 6.45) is 3.47. The molecule has 0 amide bonds. The second-order valence-corrected chi connectivity index (χ2v) is 5.13. The Morgan fingerprint density at radius 1 is 1.53 bits per heavy atom. The number of ether oxygens (including phenoxy) is 1. The van der Waals surface area contributed by atoms with Gasteiger partial charge in [-0.15, -0.1) is 0 Å². The van der Waals surface area contributed by atoms with E-state index in [0.29, 0.717) is 12.6 Å². The molecule has 104 valence electrons. The van der Waals surface area contributed by atoms with Crippen LogP contribution in [0.15, 0.2) is 24.3 Å². The lowest BCUT2D eigenvalue weighted by Gasteiger charge is -2.40. The first-order valence-electron chi connectivity index (χ1n) is 6.73. The Morgan fingerprint density at radius 2 is 2.26 bits per heavy atom. The zero-order valence-electron chi connectivity index (χ0n) is 11.5. The van der Waals surface area contributed by atoms with E-state index < -0.39 is 0 Å². The van der Waals surface area contributed by atoms with Gasteiger partial charge in [-0.3, -0.25) is 9.69 Å². The van der Waals surface area contributed by atoms with E-state index in [4.69, 9.17) is 4.74 Å². The minimum Gasteiger partial charge on any atom is -0.508 e. The van der Waals surface area contributed by atoms with Crippen LogP contribution in [-0.2, 0) is 16.1 Å². The Bertz CT molecular complexity index is 443. The minimum absolute atomic E-state index is 0.202. The van der Waals surface area contributed by atoms with Crippen molar-refractivity contribution in [2.45, 2.75) is 44.8 Å². The molecule has 1 atom stereocenters. The maximum absolute atomic E-state index is 11.7. The lowest BCUT2D eigenvalue weighted by Crippen LogP contribution is -2.48. The maximum atomic E-state index is 11.7. The molecule has 1 saturated carbocycles. The lowest BCUT2D eigenvalue weighted by molar-refractivity contribution is -0.148. The van der Waals surface area contributed by atoms with E-state index in [1.54, 1.807) is 12.1 Å². The minimum atomic E-state index is -0.252. The standard InChI is InChI=1S/C15H21NO3/c1-11(15(18)19-2)16(13-6-4-7-13)10-12-5-3-8-14(17)9-12/h3,5,8-9,11,13,17H,4,6-7,10H2,1-2H3/t11-/m1/s1. The summed E-state index contributed by atoms with van der Waals surface area (Å²) >= 11 is 0. The normalized spacial score (nSPS) is 17.0. The van der Waals surface area contributed by atoms with E-state index in [-0.39, 0.29) is 17.8 Å². The summed E-state index contributed by atoms with van der Waals surface area (Å²) in [5.41, 5.74) is 1.02. The molecule has 0 spiro atoms.